The van der Waals surface area contributed by atoms with E-state index in [2.05, 4.69) is 4.98 Å². The van der Waals surface area contributed by atoms with Crippen LogP contribution in [0.3, 0.4) is 0 Å². The number of thiophene rings is 1. The van der Waals surface area contributed by atoms with E-state index in [4.69, 9.17) is 0 Å². The van der Waals surface area contributed by atoms with Crippen molar-refractivity contribution in [2.45, 2.75) is 13.8 Å². The third kappa shape index (κ3) is 3.52. The molecule has 1 unspecified atom stereocenters. The molecule has 1 aromatic carbocycles. The number of aromatic carboxylic acids is 1. The first-order valence-electron chi connectivity index (χ1n) is 7.65. The molecule has 0 saturated heterocycles. The van der Waals surface area contributed by atoms with Gasteiger partial charge in [-0.2, -0.15) is 0 Å². The third-order valence-electron chi connectivity index (χ3n) is 3.78. The predicted molar refractivity (Wildman–Crippen MR) is 103 cm³/mol. The van der Waals surface area contributed by atoms with Crippen LogP contribution in [0.1, 0.15) is 20.8 Å². The minimum Gasteiger partial charge on any atom is -0.477 e. The van der Waals surface area contributed by atoms with Gasteiger partial charge in [0.1, 0.15) is 4.88 Å². The molecule has 0 bridgehead atoms. The van der Waals surface area contributed by atoms with Crippen molar-refractivity contribution in [2.75, 3.05) is 4.31 Å². The summed E-state index contributed by atoms with van der Waals surface area (Å²) < 4.78 is 23.0. The first-order valence-corrected chi connectivity index (χ1v) is 9.53. The average Bonchev–Trinajstić information content (AvgIpc) is 3.02. The van der Waals surface area contributed by atoms with Crippen LogP contribution in [-0.4, -0.2) is 24.8 Å². The number of aryl methyl sites for hydroxylation is 2. The van der Waals surface area contributed by atoms with Gasteiger partial charge < -0.3 is 5.11 Å². The number of aromatic nitrogens is 1. The highest BCUT2D eigenvalue weighted by atomic mass is 32.2. The fourth-order valence-electron chi connectivity index (χ4n) is 2.51. The van der Waals surface area contributed by atoms with Crippen LogP contribution in [0.15, 0.2) is 48.7 Å². The van der Waals surface area contributed by atoms with Crippen molar-refractivity contribution in [2.24, 2.45) is 0 Å². The van der Waals surface area contributed by atoms with Crippen molar-refractivity contribution in [3.8, 4) is 10.6 Å². The number of carboxylic acids is 1. The largest absolute Gasteiger partial charge is 0.477 e. The van der Waals surface area contributed by atoms with Crippen LogP contribution in [-0.2, 0) is 11.3 Å². The zero-order valence-electron chi connectivity index (χ0n) is 14.0. The van der Waals surface area contributed by atoms with Gasteiger partial charge >= 0.3 is 5.97 Å². The Morgan fingerprint density at radius 1 is 1.15 bits per heavy atom. The molecule has 0 aliphatic carbocycles. The molecule has 3 aromatic rings. The number of benzene rings is 1. The van der Waals surface area contributed by atoms with Crippen molar-refractivity contribution < 1.29 is 18.7 Å². The summed E-state index contributed by atoms with van der Waals surface area (Å²) in [5, 5.41) is 9.60. The van der Waals surface area contributed by atoms with Gasteiger partial charge in [-0.25, -0.2) is 13.3 Å². The number of carboxylic acid groups (broad SMARTS) is 1. The van der Waals surface area contributed by atoms with Gasteiger partial charge in [0.05, 0.1) is 21.9 Å². The molecule has 0 spiro atoms. The topological polar surface area (TPSA) is 90.7 Å². The minimum absolute atomic E-state index is 0.0203. The fourth-order valence-corrected chi connectivity index (χ4v) is 4.22. The number of hydrogen-bond acceptors (Lipinski definition) is 4. The van der Waals surface area contributed by atoms with Crippen LogP contribution in [0.5, 0.6) is 0 Å². The number of para-hydroxylation sites is 1. The molecule has 2 heterocycles. The van der Waals surface area contributed by atoms with E-state index in [1.807, 2.05) is 19.1 Å². The van der Waals surface area contributed by atoms with E-state index in [9.17, 15) is 18.7 Å². The Bertz CT molecular complexity index is 983. The second-order valence-corrected chi connectivity index (χ2v) is 7.54. The zero-order chi connectivity index (χ0) is 18.8. The number of nitrogens with zero attached hydrogens (tertiary/aromatic N) is 2. The molecular formula is C18H16N2O4S2. The Morgan fingerprint density at radius 3 is 2.46 bits per heavy atom. The molecule has 2 N–H and O–H groups in total. The maximum atomic E-state index is 12.1. The molecular weight excluding hydrogens is 372 g/mol. The van der Waals surface area contributed by atoms with Gasteiger partial charge in [0, 0.05) is 6.20 Å². The lowest BCUT2D eigenvalue weighted by atomic mass is 10.2. The Labute approximate surface area is 157 Å². The molecule has 6 nitrogen and oxygen atoms in total. The first-order chi connectivity index (χ1) is 12.4. The van der Waals surface area contributed by atoms with Gasteiger partial charge in [0.2, 0.25) is 0 Å². The highest BCUT2D eigenvalue weighted by molar-refractivity contribution is 7.81. The molecule has 0 amide bonds. The fraction of sp³-hybridized carbons (Fsp3) is 0.111. The highest BCUT2D eigenvalue weighted by Gasteiger charge is 2.26. The van der Waals surface area contributed by atoms with Crippen LogP contribution in [0, 0.1) is 13.8 Å². The Kier molecular flexibility index (Phi) is 5.17. The number of hydrogen-bond donors (Lipinski definition) is 2. The molecule has 26 heavy (non-hydrogen) atoms. The van der Waals surface area contributed by atoms with E-state index >= 15 is 0 Å². The summed E-state index contributed by atoms with van der Waals surface area (Å²) in [5.41, 5.74) is 2.99. The Balaban J connectivity index is 2.18. The van der Waals surface area contributed by atoms with Gasteiger partial charge in [-0.3, -0.25) is 9.54 Å². The average molecular weight is 388 g/mol. The van der Waals surface area contributed by atoms with Crippen molar-refractivity contribution in [1.82, 2.24) is 4.98 Å². The number of pyridine rings is 1. The Hall–Kier alpha value is -2.55. The van der Waals surface area contributed by atoms with Crippen molar-refractivity contribution in [3.05, 3.63) is 64.7 Å². The van der Waals surface area contributed by atoms with Gasteiger partial charge in [-0.15, -0.1) is 11.3 Å². The minimum atomic E-state index is -2.43. The zero-order valence-corrected chi connectivity index (χ0v) is 15.7. The lowest BCUT2D eigenvalue weighted by Crippen LogP contribution is -2.21. The van der Waals surface area contributed by atoms with Crippen LogP contribution in [0.2, 0.25) is 0 Å². The second kappa shape index (κ2) is 7.36. The number of rotatable bonds is 5. The summed E-state index contributed by atoms with van der Waals surface area (Å²) in [6.07, 6.45) is 1.69. The van der Waals surface area contributed by atoms with E-state index in [-0.39, 0.29) is 10.6 Å². The maximum absolute atomic E-state index is 12.1. The van der Waals surface area contributed by atoms with Gasteiger partial charge in [0.15, 0.2) is 0 Å². The standard InChI is InChI=1S/C18H16N2O4S2/c1-11-7-8-13(19-10-11)16-9-15(17(25-16)18(21)22)20(26(23)24)14-6-4-3-5-12(14)2/h3-10H,1-2H3,(H,21,22)(H,23,24). The summed E-state index contributed by atoms with van der Waals surface area (Å²) in [5.74, 6) is -1.16. The second-order valence-electron chi connectivity index (χ2n) is 5.66. The maximum Gasteiger partial charge on any atom is 0.348 e. The van der Waals surface area contributed by atoms with E-state index in [0.29, 0.717) is 16.3 Å². The molecule has 1 atom stereocenters. The van der Waals surface area contributed by atoms with E-state index in [0.717, 1.165) is 26.8 Å². The summed E-state index contributed by atoms with van der Waals surface area (Å²) in [7, 11) is 0. The van der Waals surface area contributed by atoms with E-state index in [1.54, 1.807) is 43.5 Å². The molecule has 0 radical (unpaired) electrons. The molecule has 2 aromatic heterocycles. The Morgan fingerprint density at radius 2 is 1.88 bits per heavy atom. The molecule has 0 fully saturated rings. The van der Waals surface area contributed by atoms with Gasteiger partial charge in [-0.05, 0) is 43.2 Å². The molecule has 0 aliphatic heterocycles. The van der Waals surface area contributed by atoms with Crippen molar-refractivity contribution in [3.63, 3.8) is 0 Å². The molecule has 8 heteroatoms. The highest BCUT2D eigenvalue weighted by Crippen LogP contribution is 2.40. The number of anilines is 2. The van der Waals surface area contributed by atoms with Crippen molar-refractivity contribution in [1.29, 1.82) is 0 Å². The van der Waals surface area contributed by atoms with Crippen LogP contribution >= 0.6 is 11.3 Å². The van der Waals surface area contributed by atoms with E-state index < -0.39 is 17.2 Å². The number of carbonyl (C=O) groups is 1. The van der Waals surface area contributed by atoms with Crippen molar-refractivity contribution >= 4 is 39.9 Å². The van der Waals surface area contributed by atoms with Gasteiger partial charge in [0.25, 0.3) is 11.3 Å². The van der Waals surface area contributed by atoms with Crippen LogP contribution < -0.4 is 4.31 Å². The van der Waals surface area contributed by atoms with Crippen LogP contribution in [0.25, 0.3) is 10.6 Å². The summed E-state index contributed by atoms with van der Waals surface area (Å²) >= 11 is -1.41. The van der Waals surface area contributed by atoms with E-state index in [1.165, 1.54) is 0 Å². The molecule has 0 saturated carbocycles. The third-order valence-corrected chi connectivity index (χ3v) is 5.62. The lowest BCUT2D eigenvalue weighted by molar-refractivity contribution is 0.0703. The quantitative estimate of drug-likeness (QED) is 0.632. The predicted octanol–water partition coefficient (Wildman–Crippen LogP) is 4.40. The molecule has 0 aliphatic rings. The molecule has 3 rings (SSSR count). The smallest absolute Gasteiger partial charge is 0.348 e. The van der Waals surface area contributed by atoms with Gasteiger partial charge in [-0.1, -0.05) is 24.3 Å². The normalized spacial score (nSPS) is 12.0. The summed E-state index contributed by atoms with van der Waals surface area (Å²) in [6.45, 7) is 3.71. The first kappa shape index (κ1) is 18.2. The van der Waals surface area contributed by atoms with Crippen LogP contribution in [0.4, 0.5) is 11.4 Å². The lowest BCUT2D eigenvalue weighted by Gasteiger charge is -2.21. The monoisotopic (exact) mass is 388 g/mol. The summed E-state index contributed by atoms with van der Waals surface area (Å²) in [4.78, 5) is 16.7. The molecule has 134 valence electrons. The SMILES string of the molecule is Cc1ccc(-c2cc(N(c3ccccc3C)S(=O)O)c(C(=O)O)s2)nc1. The summed E-state index contributed by atoms with van der Waals surface area (Å²) in [6, 6.07) is 12.3.